The van der Waals surface area contributed by atoms with Crippen LogP contribution in [-0.2, 0) is 12.7 Å². The summed E-state index contributed by atoms with van der Waals surface area (Å²) in [6, 6.07) is 3.31. The number of amides is 1. The molecule has 0 aromatic carbocycles. The molecule has 0 saturated heterocycles. The van der Waals surface area contributed by atoms with E-state index in [4.69, 9.17) is 4.42 Å². The van der Waals surface area contributed by atoms with E-state index in [1.165, 1.54) is 6.26 Å². The topological polar surface area (TPSA) is 85.3 Å². The van der Waals surface area contributed by atoms with Crippen molar-refractivity contribution in [3.8, 4) is 0 Å². The average molecular weight is 317 g/mol. The minimum absolute atomic E-state index is 0.106. The van der Waals surface area contributed by atoms with Crippen LogP contribution in [0.4, 0.5) is 13.2 Å². The monoisotopic (exact) mass is 317 g/mol. The molecule has 0 bridgehead atoms. The number of alkyl halides is 3. The Balaban J connectivity index is 1.81. The van der Waals surface area contributed by atoms with Crippen molar-refractivity contribution >= 4 is 22.2 Å². The van der Waals surface area contributed by atoms with Crippen LogP contribution in [0.2, 0.25) is 0 Å². The van der Waals surface area contributed by atoms with E-state index in [0.717, 1.165) is 0 Å². The number of nitrogens with one attached hydrogen (secondary N) is 1. The molecule has 21 heavy (non-hydrogen) atoms. The molecule has 3 rings (SSSR count). The van der Waals surface area contributed by atoms with Crippen LogP contribution in [0.25, 0.3) is 4.96 Å². The molecule has 0 aliphatic rings. The van der Waals surface area contributed by atoms with Crippen LogP contribution in [0.1, 0.15) is 21.4 Å². The molecule has 0 radical (unpaired) electrons. The standard InChI is InChI=1S/C10H6F3N5O2S/c11-10(12,13)8-15-16-9-18(8)17-7(21-9)6(19)14-4-5-2-1-3-20-5/h1-3H,4H2,(H,14,19). The van der Waals surface area contributed by atoms with Crippen LogP contribution < -0.4 is 5.32 Å². The number of nitrogens with zero attached hydrogens (tertiary/aromatic N) is 4. The van der Waals surface area contributed by atoms with Gasteiger partial charge in [-0.1, -0.05) is 11.3 Å². The second-order valence-electron chi connectivity index (χ2n) is 3.88. The van der Waals surface area contributed by atoms with Crippen LogP contribution in [0.3, 0.4) is 0 Å². The third-order valence-corrected chi connectivity index (χ3v) is 3.34. The van der Waals surface area contributed by atoms with E-state index in [-0.39, 0.29) is 16.5 Å². The smallest absolute Gasteiger partial charge is 0.453 e. The fourth-order valence-electron chi connectivity index (χ4n) is 1.54. The minimum atomic E-state index is -4.69. The lowest BCUT2D eigenvalue weighted by Crippen LogP contribution is -2.23. The SMILES string of the molecule is O=C(NCc1ccco1)c1nn2c(C(F)(F)F)nnc2s1. The average Bonchev–Trinajstić information content (AvgIpc) is 3.09. The van der Waals surface area contributed by atoms with Crippen molar-refractivity contribution in [2.75, 3.05) is 0 Å². The Bertz CT molecular complexity index is 776. The van der Waals surface area contributed by atoms with E-state index < -0.39 is 17.9 Å². The molecule has 0 fully saturated rings. The first-order valence-corrected chi connectivity index (χ1v) is 6.37. The molecule has 1 amide bonds. The van der Waals surface area contributed by atoms with E-state index in [2.05, 4.69) is 20.6 Å². The number of halogens is 3. The summed E-state index contributed by atoms with van der Waals surface area (Å²) in [5, 5.41) is 12.3. The first kappa shape index (κ1) is 13.5. The van der Waals surface area contributed by atoms with Crippen molar-refractivity contribution in [2.45, 2.75) is 12.7 Å². The molecule has 1 N–H and O–H groups in total. The molecule has 0 saturated carbocycles. The Morgan fingerprint density at radius 2 is 2.24 bits per heavy atom. The van der Waals surface area contributed by atoms with Crippen molar-refractivity contribution in [3.05, 3.63) is 35.0 Å². The molecule has 0 atom stereocenters. The maximum Gasteiger partial charge on any atom is 0.453 e. The molecule has 110 valence electrons. The maximum absolute atomic E-state index is 12.6. The van der Waals surface area contributed by atoms with Crippen LogP contribution in [0.5, 0.6) is 0 Å². The second-order valence-corrected chi connectivity index (χ2v) is 4.84. The number of furan rings is 1. The number of rotatable bonds is 3. The molecule has 0 aliphatic heterocycles. The van der Waals surface area contributed by atoms with Crippen LogP contribution in [-0.4, -0.2) is 25.7 Å². The molecule has 0 spiro atoms. The van der Waals surface area contributed by atoms with E-state index in [1.54, 1.807) is 12.1 Å². The van der Waals surface area contributed by atoms with E-state index in [1.807, 2.05) is 0 Å². The quantitative estimate of drug-likeness (QED) is 0.795. The fourth-order valence-corrected chi connectivity index (χ4v) is 2.30. The summed E-state index contributed by atoms with van der Waals surface area (Å²) < 4.78 is 43.4. The summed E-state index contributed by atoms with van der Waals surface area (Å²) >= 11 is 0.715. The van der Waals surface area contributed by atoms with Gasteiger partial charge in [0.1, 0.15) is 5.76 Å². The molecule has 7 nitrogen and oxygen atoms in total. The lowest BCUT2D eigenvalue weighted by molar-refractivity contribution is -0.146. The summed E-state index contributed by atoms with van der Waals surface area (Å²) in [4.78, 5) is 11.7. The third-order valence-electron chi connectivity index (χ3n) is 2.44. The van der Waals surface area contributed by atoms with Gasteiger partial charge in [-0.25, -0.2) is 0 Å². The van der Waals surface area contributed by atoms with Gasteiger partial charge in [0.05, 0.1) is 12.8 Å². The fraction of sp³-hybridized carbons (Fsp3) is 0.200. The van der Waals surface area contributed by atoms with Crippen molar-refractivity contribution < 1.29 is 22.4 Å². The van der Waals surface area contributed by atoms with Gasteiger partial charge in [-0.2, -0.15) is 17.7 Å². The van der Waals surface area contributed by atoms with Gasteiger partial charge in [-0.3, -0.25) is 4.79 Å². The number of hydrogen-bond donors (Lipinski definition) is 1. The highest BCUT2D eigenvalue weighted by molar-refractivity contribution is 7.18. The zero-order valence-corrected chi connectivity index (χ0v) is 10.9. The van der Waals surface area contributed by atoms with Crippen LogP contribution >= 0.6 is 11.3 Å². The number of carbonyl (C=O) groups is 1. The van der Waals surface area contributed by atoms with Crippen molar-refractivity contribution in [3.63, 3.8) is 0 Å². The van der Waals surface area contributed by atoms with Gasteiger partial charge >= 0.3 is 6.18 Å². The molecule has 0 unspecified atom stereocenters. The lowest BCUT2D eigenvalue weighted by atomic mass is 10.4. The highest BCUT2D eigenvalue weighted by Crippen LogP contribution is 2.28. The Labute approximate surface area is 118 Å². The number of hydrogen-bond acceptors (Lipinski definition) is 6. The van der Waals surface area contributed by atoms with Gasteiger partial charge in [0.2, 0.25) is 9.97 Å². The number of fused-ring (bicyclic) bond motifs is 1. The van der Waals surface area contributed by atoms with Crippen molar-refractivity contribution in [2.24, 2.45) is 0 Å². The Hall–Kier alpha value is -2.43. The summed E-state index contributed by atoms with van der Waals surface area (Å²) in [5.41, 5.74) is 0. The van der Waals surface area contributed by atoms with Gasteiger partial charge in [0.15, 0.2) is 0 Å². The summed E-state index contributed by atoms with van der Waals surface area (Å²) in [6.07, 6.45) is -3.24. The van der Waals surface area contributed by atoms with Gasteiger partial charge in [0.25, 0.3) is 11.7 Å². The number of aromatic nitrogens is 4. The molecule has 11 heteroatoms. The zero-order chi connectivity index (χ0) is 15.0. The maximum atomic E-state index is 12.6. The zero-order valence-electron chi connectivity index (χ0n) is 10.1. The lowest BCUT2D eigenvalue weighted by Gasteiger charge is -2.01. The van der Waals surface area contributed by atoms with E-state index in [0.29, 0.717) is 21.6 Å². The molecular formula is C10H6F3N5O2S. The Morgan fingerprint density at radius 3 is 2.90 bits per heavy atom. The Kier molecular flexibility index (Phi) is 3.12. The first-order chi connectivity index (χ1) is 9.95. The third kappa shape index (κ3) is 2.59. The van der Waals surface area contributed by atoms with Gasteiger partial charge in [-0.05, 0) is 12.1 Å². The highest BCUT2D eigenvalue weighted by atomic mass is 32.1. The molecule has 3 heterocycles. The molecular weight excluding hydrogens is 311 g/mol. The Morgan fingerprint density at radius 1 is 1.43 bits per heavy atom. The van der Waals surface area contributed by atoms with E-state index >= 15 is 0 Å². The van der Waals surface area contributed by atoms with E-state index in [9.17, 15) is 18.0 Å². The molecule has 3 aromatic rings. The predicted octanol–water partition coefficient (Wildman–Crippen LogP) is 1.73. The van der Waals surface area contributed by atoms with Crippen LogP contribution in [0.15, 0.2) is 22.8 Å². The summed E-state index contributed by atoms with van der Waals surface area (Å²) in [7, 11) is 0. The minimum Gasteiger partial charge on any atom is -0.467 e. The van der Waals surface area contributed by atoms with Gasteiger partial charge < -0.3 is 9.73 Å². The predicted molar refractivity (Wildman–Crippen MR) is 63.5 cm³/mol. The first-order valence-electron chi connectivity index (χ1n) is 5.55. The second kappa shape index (κ2) is 4.84. The largest absolute Gasteiger partial charge is 0.467 e. The number of carbonyl (C=O) groups excluding carboxylic acids is 1. The highest BCUT2D eigenvalue weighted by Gasteiger charge is 2.38. The van der Waals surface area contributed by atoms with Gasteiger partial charge in [-0.15, -0.1) is 15.3 Å². The van der Waals surface area contributed by atoms with Crippen molar-refractivity contribution in [1.29, 1.82) is 0 Å². The van der Waals surface area contributed by atoms with Gasteiger partial charge in [0, 0.05) is 0 Å². The summed E-state index contributed by atoms with van der Waals surface area (Å²) in [6.45, 7) is 0.109. The van der Waals surface area contributed by atoms with Crippen LogP contribution in [0, 0.1) is 0 Å². The van der Waals surface area contributed by atoms with Crippen molar-refractivity contribution in [1.82, 2.24) is 25.1 Å². The normalized spacial score (nSPS) is 12.0. The molecule has 3 aromatic heterocycles. The summed E-state index contributed by atoms with van der Waals surface area (Å²) in [5.74, 6) is -1.36. The molecule has 0 aliphatic carbocycles.